The van der Waals surface area contributed by atoms with Gasteiger partial charge in [-0.1, -0.05) is 18.2 Å². The van der Waals surface area contributed by atoms with Crippen molar-refractivity contribution in [2.45, 2.75) is 10.9 Å². The van der Waals surface area contributed by atoms with Crippen molar-refractivity contribution < 1.29 is 19.4 Å². The molecule has 1 atom stereocenters. The number of nitrogens with zero attached hydrogens (tertiary/aromatic N) is 1. The third-order valence-corrected chi connectivity index (χ3v) is 3.84. The van der Waals surface area contributed by atoms with Crippen LogP contribution < -0.4 is 0 Å². The first-order valence-electron chi connectivity index (χ1n) is 5.96. The maximum absolute atomic E-state index is 12.1. The summed E-state index contributed by atoms with van der Waals surface area (Å²) < 4.78 is 5.11. The predicted molar refractivity (Wildman–Crippen MR) is 71.1 cm³/mol. The van der Waals surface area contributed by atoms with Gasteiger partial charge in [0.25, 0.3) is 0 Å². The lowest BCUT2D eigenvalue weighted by molar-refractivity contribution is -0.157. The van der Waals surface area contributed by atoms with E-state index in [1.165, 1.54) is 16.7 Å². The fourth-order valence-corrected chi connectivity index (χ4v) is 2.66. The third-order valence-electron chi connectivity index (χ3n) is 2.84. The van der Waals surface area contributed by atoms with Crippen LogP contribution in [0.1, 0.15) is 0 Å². The molecule has 6 heteroatoms. The Morgan fingerprint density at radius 2 is 2.11 bits per heavy atom. The van der Waals surface area contributed by atoms with Gasteiger partial charge in [-0.2, -0.15) is 0 Å². The van der Waals surface area contributed by atoms with Crippen molar-refractivity contribution in [2.75, 3.05) is 25.5 Å². The molecular formula is C13H15NO4S. The van der Waals surface area contributed by atoms with E-state index in [0.29, 0.717) is 13.2 Å². The number of carbonyl (C=O) groups excluding carboxylic acids is 1. The Kier molecular flexibility index (Phi) is 4.81. The Hall–Kier alpha value is -1.53. The summed E-state index contributed by atoms with van der Waals surface area (Å²) in [6.45, 7) is 0.799. The molecule has 102 valence electrons. The minimum atomic E-state index is -1.02. The van der Waals surface area contributed by atoms with Crippen LogP contribution in [0.2, 0.25) is 0 Å². The van der Waals surface area contributed by atoms with Gasteiger partial charge < -0.3 is 14.7 Å². The highest BCUT2D eigenvalue weighted by molar-refractivity contribution is 8.00. The molecule has 1 N–H and O–H groups in total. The molecule has 0 spiro atoms. The zero-order valence-electron chi connectivity index (χ0n) is 10.3. The summed E-state index contributed by atoms with van der Waals surface area (Å²) in [5.74, 6) is -0.935. The molecule has 1 saturated heterocycles. The summed E-state index contributed by atoms with van der Waals surface area (Å²) in [7, 11) is 0. The van der Waals surface area contributed by atoms with E-state index in [-0.39, 0.29) is 18.3 Å². The summed E-state index contributed by atoms with van der Waals surface area (Å²) >= 11 is 1.41. The van der Waals surface area contributed by atoms with Crippen molar-refractivity contribution in [1.29, 1.82) is 0 Å². The lowest BCUT2D eigenvalue weighted by Crippen LogP contribution is -2.53. The largest absolute Gasteiger partial charge is 0.480 e. The van der Waals surface area contributed by atoms with Gasteiger partial charge >= 0.3 is 5.97 Å². The molecule has 1 aromatic carbocycles. The number of hydrogen-bond acceptors (Lipinski definition) is 4. The number of carboxylic acids is 1. The van der Waals surface area contributed by atoms with Gasteiger partial charge in [0.2, 0.25) is 5.91 Å². The van der Waals surface area contributed by atoms with Crippen LogP contribution in [0.25, 0.3) is 0 Å². The first-order valence-corrected chi connectivity index (χ1v) is 6.95. The molecule has 5 nitrogen and oxygen atoms in total. The molecule has 19 heavy (non-hydrogen) atoms. The lowest BCUT2D eigenvalue weighted by Gasteiger charge is -2.32. The normalized spacial score (nSPS) is 19.2. The minimum absolute atomic E-state index is 0.0665. The topological polar surface area (TPSA) is 66.8 Å². The molecular weight excluding hydrogens is 266 g/mol. The Balaban J connectivity index is 1.93. The molecule has 2 rings (SSSR count). The van der Waals surface area contributed by atoms with Crippen LogP contribution in [-0.4, -0.2) is 53.4 Å². The quantitative estimate of drug-likeness (QED) is 0.837. The molecule has 1 heterocycles. The number of ether oxygens (including phenoxy) is 1. The van der Waals surface area contributed by atoms with Crippen molar-refractivity contribution in [1.82, 2.24) is 4.90 Å². The van der Waals surface area contributed by atoms with Crippen molar-refractivity contribution in [2.24, 2.45) is 0 Å². The van der Waals surface area contributed by atoms with Gasteiger partial charge in [0.1, 0.15) is 0 Å². The molecule has 1 amide bonds. The van der Waals surface area contributed by atoms with Gasteiger partial charge in [0.15, 0.2) is 6.04 Å². The SMILES string of the molecule is O=C(O)C1COCCN1C(=O)CSc1ccccc1. The van der Waals surface area contributed by atoms with Crippen molar-refractivity contribution in [3.05, 3.63) is 30.3 Å². The Bertz CT molecular complexity index is 451. The number of aliphatic carboxylic acids is 1. The van der Waals surface area contributed by atoms with E-state index in [2.05, 4.69) is 0 Å². The fraction of sp³-hybridized carbons (Fsp3) is 0.385. The molecule has 1 aliphatic heterocycles. The van der Waals surface area contributed by atoms with Crippen LogP contribution in [0.5, 0.6) is 0 Å². The van der Waals surface area contributed by atoms with Crippen LogP contribution in [0, 0.1) is 0 Å². The highest BCUT2D eigenvalue weighted by Crippen LogP contribution is 2.18. The second kappa shape index (κ2) is 6.58. The summed E-state index contributed by atoms with van der Waals surface area (Å²) in [6.07, 6.45) is 0. The molecule has 0 bridgehead atoms. The van der Waals surface area contributed by atoms with E-state index < -0.39 is 12.0 Å². The monoisotopic (exact) mass is 281 g/mol. The first-order chi connectivity index (χ1) is 9.18. The number of thioether (sulfide) groups is 1. The molecule has 0 aliphatic carbocycles. The van der Waals surface area contributed by atoms with Crippen molar-refractivity contribution >= 4 is 23.6 Å². The number of carboxylic acid groups (broad SMARTS) is 1. The highest BCUT2D eigenvalue weighted by Gasteiger charge is 2.32. The maximum Gasteiger partial charge on any atom is 0.328 e. The number of amides is 1. The minimum Gasteiger partial charge on any atom is -0.480 e. The van der Waals surface area contributed by atoms with Crippen LogP contribution >= 0.6 is 11.8 Å². The van der Waals surface area contributed by atoms with Crippen LogP contribution in [0.3, 0.4) is 0 Å². The van der Waals surface area contributed by atoms with Crippen molar-refractivity contribution in [3.8, 4) is 0 Å². The second-order valence-corrected chi connectivity index (χ2v) is 5.17. The van der Waals surface area contributed by atoms with E-state index in [1.807, 2.05) is 30.3 Å². The number of hydrogen-bond donors (Lipinski definition) is 1. The van der Waals surface area contributed by atoms with Gasteiger partial charge in [0.05, 0.1) is 19.0 Å². The van der Waals surface area contributed by atoms with Gasteiger partial charge in [-0.3, -0.25) is 4.79 Å². The molecule has 1 aliphatic rings. The number of rotatable bonds is 4. The van der Waals surface area contributed by atoms with E-state index in [9.17, 15) is 9.59 Å². The molecule has 0 aromatic heterocycles. The van der Waals surface area contributed by atoms with E-state index in [4.69, 9.17) is 9.84 Å². The van der Waals surface area contributed by atoms with Crippen LogP contribution in [-0.2, 0) is 14.3 Å². The molecule has 1 aromatic rings. The number of carbonyl (C=O) groups is 2. The van der Waals surface area contributed by atoms with Crippen LogP contribution in [0.4, 0.5) is 0 Å². The first kappa shape index (κ1) is 13.9. The second-order valence-electron chi connectivity index (χ2n) is 4.12. The standard InChI is InChI=1S/C13H15NO4S/c15-12(9-19-10-4-2-1-3-5-10)14-6-7-18-8-11(14)13(16)17/h1-5,11H,6-9H2,(H,16,17). The van der Waals surface area contributed by atoms with E-state index >= 15 is 0 Å². The van der Waals surface area contributed by atoms with Crippen LogP contribution in [0.15, 0.2) is 35.2 Å². The van der Waals surface area contributed by atoms with Gasteiger partial charge in [0, 0.05) is 11.4 Å². The average molecular weight is 281 g/mol. The molecule has 1 fully saturated rings. The smallest absolute Gasteiger partial charge is 0.328 e. The zero-order chi connectivity index (χ0) is 13.7. The number of benzene rings is 1. The Labute approximate surface area is 115 Å². The summed E-state index contributed by atoms with van der Waals surface area (Å²) in [5.41, 5.74) is 0. The van der Waals surface area contributed by atoms with Crippen molar-refractivity contribution in [3.63, 3.8) is 0 Å². The van der Waals surface area contributed by atoms with E-state index in [1.54, 1.807) is 0 Å². The van der Waals surface area contributed by atoms with E-state index in [0.717, 1.165) is 4.90 Å². The number of morpholine rings is 1. The fourth-order valence-electron chi connectivity index (χ4n) is 1.85. The molecule has 0 radical (unpaired) electrons. The van der Waals surface area contributed by atoms with Gasteiger partial charge in [-0.25, -0.2) is 4.79 Å². The Morgan fingerprint density at radius 1 is 1.37 bits per heavy atom. The predicted octanol–water partition coefficient (Wildman–Crippen LogP) is 1.09. The average Bonchev–Trinajstić information content (AvgIpc) is 2.46. The maximum atomic E-state index is 12.1. The third kappa shape index (κ3) is 3.71. The molecule has 1 unspecified atom stereocenters. The summed E-state index contributed by atoms with van der Waals surface area (Å²) in [6, 6.07) is 8.70. The van der Waals surface area contributed by atoms with Gasteiger partial charge in [-0.15, -0.1) is 11.8 Å². The highest BCUT2D eigenvalue weighted by atomic mass is 32.2. The Morgan fingerprint density at radius 3 is 2.79 bits per heavy atom. The summed E-state index contributed by atoms with van der Waals surface area (Å²) in [5, 5.41) is 9.06. The zero-order valence-corrected chi connectivity index (χ0v) is 11.1. The summed E-state index contributed by atoms with van der Waals surface area (Å²) in [4.78, 5) is 25.5. The molecule has 0 saturated carbocycles. The lowest BCUT2D eigenvalue weighted by atomic mass is 10.2. The van der Waals surface area contributed by atoms with Gasteiger partial charge in [-0.05, 0) is 12.1 Å².